The van der Waals surface area contributed by atoms with Gasteiger partial charge in [-0.2, -0.15) is 0 Å². The molecule has 3 aromatic heterocycles. The van der Waals surface area contributed by atoms with E-state index in [1.807, 2.05) is 18.4 Å². The highest BCUT2D eigenvalue weighted by Gasteiger charge is 2.19. The largest absolute Gasteiger partial charge is 0.361 e. The quantitative estimate of drug-likeness (QED) is 0.639. The van der Waals surface area contributed by atoms with Crippen molar-refractivity contribution in [2.75, 3.05) is 5.32 Å². The number of nitrogens with one attached hydrogen (secondary N) is 1. The first-order chi connectivity index (χ1) is 12.3. The number of pyridine rings is 1. The second-order valence-corrected chi connectivity index (χ2v) is 8.64. The standard InChI is InChI=1S/C18H20N4O2S2/c1-11-8-12(22-24-11)9-25-16-13(6-5-7-19-16)15(23)21-17-20-14(10-26-17)18(2,3)4/h5-8,10H,9H2,1-4H3,(H,20,21,23). The number of aromatic nitrogens is 3. The van der Waals surface area contributed by atoms with Gasteiger partial charge in [-0.25, -0.2) is 9.97 Å². The van der Waals surface area contributed by atoms with Gasteiger partial charge in [0.2, 0.25) is 0 Å². The van der Waals surface area contributed by atoms with E-state index in [-0.39, 0.29) is 11.3 Å². The zero-order chi connectivity index (χ0) is 18.7. The van der Waals surface area contributed by atoms with Gasteiger partial charge in [-0.3, -0.25) is 10.1 Å². The molecule has 0 radical (unpaired) electrons. The van der Waals surface area contributed by atoms with Crippen LogP contribution in [0, 0.1) is 6.92 Å². The predicted octanol–water partition coefficient (Wildman–Crippen LogP) is 4.68. The fourth-order valence-corrected chi connectivity index (χ4v) is 3.95. The summed E-state index contributed by atoms with van der Waals surface area (Å²) >= 11 is 2.88. The van der Waals surface area contributed by atoms with E-state index in [0.717, 1.165) is 17.1 Å². The second-order valence-electron chi connectivity index (χ2n) is 6.82. The highest BCUT2D eigenvalue weighted by atomic mass is 32.2. The molecule has 0 fully saturated rings. The molecule has 0 aliphatic heterocycles. The van der Waals surface area contributed by atoms with Crippen LogP contribution in [0.15, 0.2) is 39.3 Å². The van der Waals surface area contributed by atoms with Crippen LogP contribution in [0.1, 0.15) is 48.3 Å². The van der Waals surface area contributed by atoms with E-state index in [9.17, 15) is 4.79 Å². The lowest BCUT2D eigenvalue weighted by Gasteiger charge is -2.14. The third-order valence-electron chi connectivity index (χ3n) is 3.54. The van der Waals surface area contributed by atoms with Crippen LogP contribution in [-0.4, -0.2) is 21.0 Å². The van der Waals surface area contributed by atoms with Crippen LogP contribution in [0.25, 0.3) is 0 Å². The van der Waals surface area contributed by atoms with Crippen molar-refractivity contribution in [3.8, 4) is 0 Å². The summed E-state index contributed by atoms with van der Waals surface area (Å²) in [5, 5.41) is 10.1. The zero-order valence-electron chi connectivity index (χ0n) is 15.1. The SMILES string of the molecule is Cc1cc(CSc2ncccc2C(=O)Nc2nc(C(C)(C)C)cs2)no1. The molecule has 0 saturated heterocycles. The Bertz CT molecular complexity index is 912. The Balaban J connectivity index is 1.72. The maximum Gasteiger partial charge on any atom is 0.260 e. The summed E-state index contributed by atoms with van der Waals surface area (Å²) < 4.78 is 5.07. The van der Waals surface area contributed by atoms with Gasteiger partial charge in [0.15, 0.2) is 5.13 Å². The first kappa shape index (κ1) is 18.6. The minimum absolute atomic E-state index is 0.0511. The summed E-state index contributed by atoms with van der Waals surface area (Å²) in [6.45, 7) is 8.13. The molecule has 26 heavy (non-hydrogen) atoms. The summed E-state index contributed by atoms with van der Waals surface area (Å²) in [5.74, 6) is 1.13. The molecule has 3 aromatic rings. The molecular weight excluding hydrogens is 368 g/mol. The summed E-state index contributed by atoms with van der Waals surface area (Å²) in [6.07, 6.45) is 1.67. The average molecular weight is 389 g/mol. The first-order valence-electron chi connectivity index (χ1n) is 8.10. The molecule has 0 atom stereocenters. The fourth-order valence-electron chi connectivity index (χ4n) is 2.15. The number of hydrogen-bond donors (Lipinski definition) is 1. The molecule has 0 aliphatic rings. The molecule has 3 heterocycles. The predicted molar refractivity (Wildman–Crippen MR) is 104 cm³/mol. The highest BCUT2D eigenvalue weighted by Crippen LogP contribution is 2.28. The van der Waals surface area contributed by atoms with Gasteiger partial charge >= 0.3 is 0 Å². The third-order valence-corrected chi connectivity index (χ3v) is 5.34. The normalized spacial score (nSPS) is 11.5. The average Bonchev–Trinajstić information content (AvgIpc) is 3.22. The van der Waals surface area contributed by atoms with Gasteiger partial charge in [0.25, 0.3) is 5.91 Å². The summed E-state index contributed by atoms with van der Waals surface area (Å²) in [7, 11) is 0. The van der Waals surface area contributed by atoms with Crippen LogP contribution in [-0.2, 0) is 11.2 Å². The molecule has 6 nitrogen and oxygen atoms in total. The lowest BCUT2D eigenvalue weighted by Crippen LogP contribution is -2.15. The minimum atomic E-state index is -0.216. The van der Waals surface area contributed by atoms with E-state index < -0.39 is 0 Å². The van der Waals surface area contributed by atoms with Gasteiger partial charge in [0.05, 0.1) is 17.0 Å². The number of aryl methyl sites for hydroxylation is 1. The van der Waals surface area contributed by atoms with Crippen molar-refractivity contribution in [2.45, 2.75) is 43.9 Å². The van der Waals surface area contributed by atoms with Crippen LogP contribution in [0.5, 0.6) is 0 Å². The van der Waals surface area contributed by atoms with Crippen LogP contribution in [0.4, 0.5) is 5.13 Å². The van der Waals surface area contributed by atoms with Crippen molar-refractivity contribution in [3.05, 3.63) is 52.5 Å². The van der Waals surface area contributed by atoms with E-state index in [2.05, 4.69) is 41.2 Å². The van der Waals surface area contributed by atoms with Gasteiger partial charge in [-0.15, -0.1) is 11.3 Å². The van der Waals surface area contributed by atoms with Crippen LogP contribution < -0.4 is 5.32 Å². The van der Waals surface area contributed by atoms with Crippen molar-refractivity contribution < 1.29 is 9.32 Å². The van der Waals surface area contributed by atoms with E-state index in [4.69, 9.17) is 4.52 Å². The number of nitrogens with zero attached hydrogens (tertiary/aromatic N) is 3. The van der Waals surface area contributed by atoms with Gasteiger partial charge in [-0.05, 0) is 19.1 Å². The second kappa shape index (κ2) is 7.59. The molecule has 8 heteroatoms. The Morgan fingerprint density at radius 2 is 2.19 bits per heavy atom. The molecule has 0 aromatic carbocycles. The lowest BCUT2D eigenvalue weighted by atomic mass is 9.93. The molecule has 136 valence electrons. The van der Waals surface area contributed by atoms with Gasteiger partial charge in [0.1, 0.15) is 10.8 Å². The monoisotopic (exact) mass is 388 g/mol. The topological polar surface area (TPSA) is 80.9 Å². The van der Waals surface area contributed by atoms with Gasteiger partial charge in [0, 0.05) is 28.8 Å². The molecule has 1 amide bonds. The first-order valence-corrected chi connectivity index (χ1v) is 9.97. The Morgan fingerprint density at radius 3 is 2.85 bits per heavy atom. The molecule has 0 bridgehead atoms. The van der Waals surface area contributed by atoms with Gasteiger partial charge in [-0.1, -0.05) is 37.7 Å². The number of thiazole rings is 1. The zero-order valence-corrected chi connectivity index (χ0v) is 16.7. The molecule has 3 rings (SSSR count). The number of anilines is 1. The highest BCUT2D eigenvalue weighted by molar-refractivity contribution is 7.98. The van der Waals surface area contributed by atoms with Crippen molar-refractivity contribution in [2.24, 2.45) is 0 Å². The van der Waals surface area contributed by atoms with Crippen molar-refractivity contribution >= 4 is 34.1 Å². The molecule has 1 N–H and O–H groups in total. The van der Waals surface area contributed by atoms with E-state index in [1.54, 1.807) is 18.3 Å². The van der Waals surface area contributed by atoms with Gasteiger partial charge < -0.3 is 4.52 Å². The van der Waals surface area contributed by atoms with E-state index >= 15 is 0 Å². The summed E-state index contributed by atoms with van der Waals surface area (Å²) in [6, 6.07) is 5.39. The smallest absolute Gasteiger partial charge is 0.260 e. The number of carbonyl (C=O) groups is 1. The molecule has 0 spiro atoms. The van der Waals surface area contributed by atoms with Crippen LogP contribution in [0.3, 0.4) is 0 Å². The lowest BCUT2D eigenvalue weighted by molar-refractivity contribution is 0.102. The number of hydrogen-bond acceptors (Lipinski definition) is 7. The van der Waals surface area contributed by atoms with Crippen molar-refractivity contribution in [3.63, 3.8) is 0 Å². The van der Waals surface area contributed by atoms with E-state index in [1.165, 1.54) is 23.1 Å². The maximum atomic E-state index is 12.7. The fraction of sp³-hybridized carbons (Fsp3) is 0.333. The number of carbonyl (C=O) groups excluding carboxylic acids is 1. The molecule has 0 aliphatic carbocycles. The molecular formula is C18H20N4O2S2. The molecule has 0 unspecified atom stereocenters. The van der Waals surface area contributed by atoms with E-state index in [0.29, 0.717) is 21.5 Å². The number of rotatable bonds is 5. The minimum Gasteiger partial charge on any atom is -0.361 e. The summed E-state index contributed by atoms with van der Waals surface area (Å²) in [4.78, 5) is 21.5. The van der Waals surface area contributed by atoms with Crippen LogP contribution >= 0.6 is 23.1 Å². The Hall–Kier alpha value is -2.19. The Labute approximate surface area is 160 Å². The number of thioether (sulfide) groups is 1. The maximum absolute atomic E-state index is 12.7. The summed E-state index contributed by atoms with van der Waals surface area (Å²) in [5.41, 5.74) is 2.24. The van der Waals surface area contributed by atoms with Crippen molar-refractivity contribution in [1.82, 2.24) is 15.1 Å². The van der Waals surface area contributed by atoms with Crippen LogP contribution in [0.2, 0.25) is 0 Å². The molecule has 0 saturated carbocycles. The Morgan fingerprint density at radius 1 is 1.38 bits per heavy atom. The van der Waals surface area contributed by atoms with Crippen molar-refractivity contribution in [1.29, 1.82) is 0 Å². The Kier molecular flexibility index (Phi) is 5.43. The number of amides is 1. The third kappa shape index (κ3) is 4.50.